The minimum absolute atomic E-state index is 0.604. The second kappa shape index (κ2) is 5.95. The lowest BCUT2D eigenvalue weighted by Gasteiger charge is -2.10. The van der Waals surface area contributed by atoms with Gasteiger partial charge in [0, 0.05) is 24.9 Å². The van der Waals surface area contributed by atoms with Crippen LogP contribution < -0.4 is 20.5 Å². The average molecular weight is 259 g/mol. The quantitative estimate of drug-likeness (QED) is 0.806. The number of hydrogen-bond acceptors (Lipinski definition) is 5. The molecule has 2 aromatic rings. The number of nitrogen functional groups attached to an aromatic ring is 1. The predicted molar refractivity (Wildman–Crippen MR) is 75.5 cm³/mol. The first-order chi connectivity index (χ1) is 9.22. The summed E-state index contributed by atoms with van der Waals surface area (Å²) in [4.78, 5) is 4.15. The van der Waals surface area contributed by atoms with E-state index in [1.54, 1.807) is 26.5 Å². The van der Waals surface area contributed by atoms with Gasteiger partial charge in [-0.3, -0.25) is 0 Å². The summed E-state index contributed by atoms with van der Waals surface area (Å²) >= 11 is 0. The number of nitrogens with two attached hydrogens (primary N) is 1. The summed E-state index contributed by atoms with van der Waals surface area (Å²) in [6.45, 7) is 0.646. The SMILES string of the molecule is COc1ccc(NCc2ccc(OC)nc2)c(N)c1. The highest BCUT2D eigenvalue weighted by atomic mass is 16.5. The summed E-state index contributed by atoms with van der Waals surface area (Å²) < 4.78 is 10.1. The van der Waals surface area contributed by atoms with Crippen LogP contribution in [0.2, 0.25) is 0 Å². The number of nitrogens with one attached hydrogen (secondary N) is 1. The molecule has 0 aliphatic carbocycles. The third-order valence-electron chi connectivity index (χ3n) is 2.75. The Balaban J connectivity index is 2.01. The maximum Gasteiger partial charge on any atom is 0.212 e. The fraction of sp³-hybridized carbons (Fsp3) is 0.214. The van der Waals surface area contributed by atoms with Crippen molar-refractivity contribution in [3.8, 4) is 11.6 Å². The molecule has 5 heteroatoms. The third kappa shape index (κ3) is 3.28. The molecular weight excluding hydrogens is 242 g/mol. The summed E-state index contributed by atoms with van der Waals surface area (Å²) in [5, 5.41) is 3.26. The lowest BCUT2D eigenvalue weighted by Crippen LogP contribution is -2.03. The number of hydrogen-bond donors (Lipinski definition) is 2. The molecule has 0 amide bonds. The largest absolute Gasteiger partial charge is 0.497 e. The Morgan fingerprint density at radius 3 is 2.58 bits per heavy atom. The number of aromatic nitrogens is 1. The third-order valence-corrected chi connectivity index (χ3v) is 2.75. The average Bonchev–Trinajstić information content (AvgIpc) is 2.46. The van der Waals surface area contributed by atoms with Gasteiger partial charge in [0.25, 0.3) is 0 Å². The highest BCUT2D eigenvalue weighted by Gasteiger charge is 2.01. The fourth-order valence-electron chi connectivity index (χ4n) is 1.66. The number of rotatable bonds is 5. The van der Waals surface area contributed by atoms with Crippen molar-refractivity contribution < 1.29 is 9.47 Å². The van der Waals surface area contributed by atoms with E-state index in [0.717, 1.165) is 17.0 Å². The number of anilines is 2. The van der Waals surface area contributed by atoms with Crippen LogP contribution in [0.25, 0.3) is 0 Å². The molecular formula is C14H17N3O2. The van der Waals surface area contributed by atoms with Crippen molar-refractivity contribution in [2.45, 2.75) is 6.54 Å². The van der Waals surface area contributed by atoms with E-state index in [0.29, 0.717) is 18.1 Å². The summed E-state index contributed by atoms with van der Waals surface area (Å²) in [7, 11) is 3.21. The standard InChI is InChI=1S/C14H17N3O2/c1-18-11-4-5-13(12(15)7-11)16-8-10-3-6-14(19-2)17-9-10/h3-7,9,16H,8,15H2,1-2H3. The van der Waals surface area contributed by atoms with Crippen molar-refractivity contribution >= 4 is 11.4 Å². The molecule has 0 fully saturated rings. The van der Waals surface area contributed by atoms with Crippen molar-refractivity contribution in [3.05, 3.63) is 42.1 Å². The number of nitrogens with zero attached hydrogens (tertiary/aromatic N) is 1. The Morgan fingerprint density at radius 1 is 1.16 bits per heavy atom. The lowest BCUT2D eigenvalue weighted by atomic mass is 10.2. The summed E-state index contributed by atoms with van der Waals surface area (Å²) in [5.41, 5.74) is 8.51. The van der Waals surface area contributed by atoms with Crippen molar-refractivity contribution in [3.63, 3.8) is 0 Å². The van der Waals surface area contributed by atoms with Crippen molar-refractivity contribution in [2.75, 3.05) is 25.3 Å². The van der Waals surface area contributed by atoms with Crippen LogP contribution in [0.3, 0.4) is 0 Å². The molecule has 0 aliphatic heterocycles. The van der Waals surface area contributed by atoms with Crippen LogP contribution in [0.1, 0.15) is 5.56 Å². The zero-order valence-corrected chi connectivity index (χ0v) is 11.0. The molecule has 0 atom stereocenters. The highest BCUT2D eigenvalue weighted by Crippen LogP contribution is 2.24. The summed E-state index contributed by atoms with van der Waals surface area (Å²) in [5.74, 6) is 1.35. The molecule has 0 spiro atoms. The van der Waals surface area contributed by atoms with Gasteiger partial charge in [0.1, 0.15) is 5.75 Å². The molecule has 3 N–H and O–H groups in total. The topological polar surface area (TPSA) is 69.4 Å². The normalized spacial score (nSPS) is 10.0. The first kappa shape index (κ1) is 13.0. The van der Waals surface area contributed by atoms with E-state index >= 15 is 0 Å². The molecule has 2 rings (SSSR count). The first-order valence-electron chi connectivity index (χ1n) is 5.89. The minimum Gasteiger partial charge on any atom is -0.497 e. The Labute approximate surface area is 112 Å². The number of benzene rings is 1. The van der Waals surface area contributed by atoms with Gasteiger partial charge in [-0.2, -0.15) is 0 Å². The van der Waals surface area contributed by atoms with Gasteiger partial charge in [-0.25, -0.2) is 4.98 Å². The molecule has 0 bridgehead atoms. The van der Waals surface area contributed by atoms with Gasteiger partial charge < -0.3 is 20.5 Å². The molecule has 5 nitrogen and oxygen atoms in total. The zero-order valence-electron chi connectivity index (χ0n) is 11.0. The molecule has 0 unspecified atom stereocenters. The van der Waals surface area contributed by atoms with Gasteiger partial charge >= 0.3 is 0 Å². The predicted octanol–water partition coefficient (Wildman–Crippen LogP) is 2.29. The van der Waals surface area contributed by atoms with Gasteiger partial charge in [0.15, 0.2) is 0 Å². The minimum atomic E-state index is 0.604. The van der Waals surface area contributed by atoms with E-state index in [1.807, 2.05) is 24.3 Å². The van der Waals surface area contributed by atoms with Gasteiger partial charge in [-0.1, -0.05) is 6.07 Å². The number of ether oxygens (including phenoxy) is 2. The maximum atomic E-state index is 5.93. The van der Waals surface area contributed by atoms with Crippen molar-refractivity contribution in [1.29, 1.82) is 0 Å². The van der Waals surface area contributed by atoms with E-state index in [1.165, 1.54) is 0 Å². The second-order valence-corrected chi connectivity index (χ2v) is 4.02. The second-order valence-electron chi connectivity index (χ2n) is 4.02. The molecule has 19 heavy (non-hydrogen) atoms. The van der Waals surface area contributed by atoms with E-state index in [-0.39, 0.29) is 0 Å². The summed E-state index contributed by atoms with van der Waals surface area (Å²) in [6.07, 6.45) is 1.77. The first-order valence-corrected chi connectivity index (χ1v) is 5.89. The smallest absolute Gasteiger partial charge is 0.212 e. The van der Waals surface area contributed by atoms with E-state index in [2.05, 4.69) is 10.3 Å². The fourth-order valence-corrected chi connectivity index (χ4v) is 1.66. The van der Waals surface area contributed by atoms with Crippen LogP contribution in [-0.2, 0) is 6.54 Å². The van der Waals surface area contributed by atoms with Gasteiger partial charge in [-0.15, -0.1) is 0 Å². The van der Waals surface area contributed by atoms with E-state index < -0.39 is 0 Å². The van der Waals surface area contributed by atoms with Gasteiger partial charge in [0.2, 0.25) is 5.88 Å². The summed E-state index contributed by atoms with van der Waals surface area (Å²) in [6, 6.07) is 9.33. The zero-order chi connectivity index (χ0) is 13.7. The van der Waals surface area contributed by atoms with Gasteiger partial charge in [-0.05, 0) is 17.7 Å². The molecule has 1 aromatic carbocycles. The number of methoxy groups -OCH3 is 2. The molecule has 1 heterocycles. The van der Waals surface area contributed by atoms with Crippen LogP contribution in [0.5, 0.6) is 11.6 Å². The molecule has 100 valence electrons. The van der Waals surface area contributed by atoms with Crippen LogP contribution in [-0.4, -0.2) is 19.2 Å². The Hall–Kier alpha value is -2.43. The Kier molecular flexibility index (Phi) is 4.07. The highest BCUT2D eigenvalue weighted by molar-refractivity contribution is 5.68. The monoisotopic (exact) mass is 259 g/mol. The van der Waals surface area contributed by atoms with E-state index in [9.17, 15) is 0 Å². The molecule has 0 radical (unpaired) electrons. The molecule has 0 aliphatic rings. The Morgan fingerprint density at radius 2 is 2.00 bits per heavy atom. The molecule has 1 aromatic heterocycles. The maximum absolute atomic E-state index is 5.93. The van der Waals surface area contributed by atoms with Crippen LogP contribution in [0, 0.1) is 0 Å². The van der Waals surface area contributed by atoms with Crippen LogP contribution in [0.4, 0.5) is 11.4 Å². The number of pyridine rings is 1. The van der Waals surface area contributed by atoms with Gasteiger partial charge in [0.05, 0.1) is 25.6 Å². The van der Waals surface area contributed by atoms with Crippen molar-refractivity contribution in [2.24, 2.45) is 0 Å². The molecule has 0 saturated heterocycles. The van der Waals surface area contributed by atoms with Crippen LogP contribution in [0.15, 0.2) is 36.5 Å². The molecule has 0 saturated carbocycles. The van der Waals surface area contributed by atoms with Crippen LogP contribution >= 0.6 is 0 Å². The Bertz CT molecular complexity index is 541. The van der Waals surface area contributed by atoms with E-state index in [4.69, 9.17) is 15.2 Å². The van der Waals surface area contributed by atoms with Crippen molar-refractivity contribution in [1.82, 2.24) is 4.98 Å². The lowest BCUT2D eigenvalue weighted by molar-refractivity contribution is 0.397.